The molecule has 5 rings (SSSR count). The minimum absolute atomic E-state index is 0.242. The summed E-state index contributed by atoms with van der Waals surface area (Å²) in [6.07, 6.45) is 5.80. The number of imidazole rings is 2. The third-order valence-corrected chi connectivity index (χ3v) is 8.05. The Balaban J connectivity index is 1.43. The van der Waals surface area contributed by atoms with Crippen LogP contribution >= 0.6 is 11.6 Å². The number of rotatable bonds is 9. The molecule has 0 aliphatic carbocycles. The normalized spacial score (nSPS) is 13.7. The SMILES string of the molecule is CC(NC(=O)OC(C)(C)Cc1cc(-c2nn3ccnc3cc2C(C)NC(=O)OC(C)(C)C)cc(C(C)(C)O)c1)c1cc2nccn2nc1Cl. The number of nitrogens with one attached hydrogen (secondary N) is 2. The van der Waals surface area contributed by atoms with Crippen molar-refractivity contribution in [1.82, 2.24) is 39.8 Å². The van der Waals surface area contributed by atoms with E-state index in [1.54, 1.807) is 81.4 Å². The van der Waals surface area contributed by atoms with Crippen molar-refractivity contribution in [3.63, 3.8) is 0 Å². The molecule has 13 nitrogen and oxygen atoms in total. The fourth-order valence-electron chi connectivity index (χ4n) is 5.48. The molecule has 3 N–H and O–H groups in total. The van der Waals surface area contributed by atoms with E-state index in [-0.39, 0.29) is 5.15 Å². The molecule has 0 bridgehead atoms. The van der Waals surface area contributed by atoms with Crippen LogP contribution in [0.3, 0.4) is 0 Å². The number of nitrogens with zero attached hydrogens (tertiary/aromatic N) is 6. The number of ether oxygens (including phenoxy) is 2. The zero-order valence-corrected chi connectivity index (χ0v) is 30.0. The summed E-state index contributed by atoms with van der Waals surface area (Å²) in [6.45, 7) is 16.1. The highest BCUT2D eigenvalue weighted by molar-refractivity contribution is 6.30. The number of carbonyl (C=O) groups is 2. The number of hydrogen-bond donors (Lipinski definition) is 3. The van der Waals surface area contributed by atoms with E-state index in [9.17, 15) is 14.7 Å². The van der Waals surface area contributed by atoms with Crippen LogP contribution in [0, 0.1) is 0 Å². The van der Waals surface area contributed by atoms with Gasteiger partial charge in [0.2, 0.25) is 0 Å². The summed E-state index contributed by atoms with van der Waals surface area (Å²) in [5, 5.41) is 26.3. The van der Waals surface area contributed by atoms with E-state index >= 15 is 0 Å². The first kappa shape index (κ1) is 35.6. The van der Waals surface area contributed by atoms with Crippen molar-refractivity contribution >= 4 is 35.1 Å². The average molecular weight is 691 g/mol. The average Bonchev–Trinajstić information content (AvgIpc) is 3.62. The number of halogens is 1. The van der Waals surface area contributed by atoms with Gasteiger partial charge in [-0.15, -0.1) is 0 Å². The molecule has 0 saturated heterocycles. The van der Waals surface area contributed by atoms with Crippen molar-refractivity contribution in [2.45, 2.75) is 97.6 Å². The molecule has 14 heteroatoms. The molecule has 0 fully saturated rings. The lowest BCUT2D eigenvalue weighted by Gasteiger charge is -2.28. The van der Waals surface area contributed by atoms with Gasteiger partial charge in [-0.05, 0) is 97.7 Å². The van der Waals surface area contributed by atoms with Crippen LogP contribution in [0.15, 0.2) is 55.1 Å². The summed E-state index contributed by atoms with van der Waals surface area (Å²) < 4.78 is 14.6. The van der Waals surface area contributed by atoms with E-state index in [0.29, 0.717) is 45.7 Å². The van der Waals surface area contributed by atoms with Crippen LogP contribution in [0.25, 0.3) is 22.6 Å². The Labute approximate surface area is 290 Å². The van der Waals surface area contributed by atoms with Crippen molar-refractivity contribution in [2.75, 3.05) is 0 Å². The monoisotopic (exact) mass is 690 g/mol. The molecule has 0 aliphatic heterocycles. The second-order valence-electron chi connectivity index (χ2n) is 14.3. The predicted octanol–water partition coefficient (Wildman–Crippen LogP) is 6.71. The first-order valence-electron chi connectivity index (χ1n) is 16.0. The lowest BCUT2D eigenvalue weighted by atomic mass is 9.88. The van der Waals surface area contributed by atoms with Gasteiger partial charge >= 0.3 is 12.2 Å². The maximum Gasteiger partial charge on any atom is 0.408 e. The van der Waals surface area contributed by atoms with E-state index in [2.05, 4.69) is 25.7 Å². The summed E-state index contributed by atoms with van der Waals surface area (Å²) in [5.41, 5.74) is 2.37. The Morgan fingerprint density at radius 3 is 1.96 bits per heavy atom. The molecular weight excluding hydrogens is 648 g/mol. The van der Waals surface area contributed by atoms with Gasteiger partial charge < -0.3 is 25.2 Å². The van der Waals surface area contributed by atoms with E-state index < -0.39 is 41.1 Å². The lowest BCUT2D eigenvalue weighted by molar-refractivity contribution is 0.0372. The summed E-state index contributed by atoms with van der Waals surface area (Å²) in [6, 6.07) is 8.33. The van der Waals surface area contributed by atoms with E-state index in [1.165, 1.54) is 0 Å². The highest BCUT2D eigenvalue weighted by Gasteiger charge is 2.28. The highest BCUT2D eigenvalue weighted by atomic mass is 35.5. The first-order chi connectivity index (χ1) is 22.8. The van der Waals surface area contributed by atoms with Gasteiger partial charge in [0.1, 0.15) is 11.2 Å². The van der Waals surface area contributed by atoms with Crippen molar-refractivity contribution in [3.05, 3.63) is 82.5 Å². The molecule has 1 aromatic carbocycles. The Morgan fingerprint density at radius 1 is 0.816 bits per heavy atom. The Bertz CT molecular complexity index is 2010. The lowest BCUT2D eigenvalue weighted by Crippen LogP contribution is -2.37. The fraction of sp³-hybridized carbons (Fsp3) is 0.429. The van der Waals surface area contributed by atoms with Crippen molar-refractivity contribution in [2.24, 2.45) is 0 Å². The number of aliphatic hydroxyl groups is 1. The third kappa shape index (κ3) is 8.65. The quantitative estimate of drug-likeness (QED) is 0.153. The fourth-order valence-corrected chi connectivity index (χ4v) is 5.78. The number of benzene rings is 1. The molecule has 4 heterocycles. The number of hydrogen-bond acceptors (Lipinski definition) is 9. The van der Waals surface area contributed by atoms with Crippen LogP contribution in [0.4, 0.5) is 9.59 Å². The molecule has 260 valence electrons. The minimum Gasteiger partial charge on any atom is -0.444 e. The first-order valence-corrected chi connectivity index (χ1v) is 16.4. The summed E-state index contributed by atoms with van der Waals surface area (Å²) in [7, 11) is 0. The van der Waals surface area contributed by atoms with Gasteiger partial charge in [0.15, 0.2) is 16.4 Å². The molecule has 5 aromatic rings. The molecule has 2 unspecified atom stereocenters. The van der Waals surface area contributed by atoms with Crippen LogP contribution in [-0.2, 0) is 21.5 Å². The second kappa shape index (κ2) is 13.3. The maximum absolute atomic E-state index is 13.1. The van der Waals surface area contributed by atoms with Crippen molar-refractivity contribution in [3.8, 4) is 11.3 Å². The minimum atomic E-state index is -1.20. The molecule has 2 atom stereocenters. The van der Waals surface area contributed by atoms with Gasteiger partial charge in [0.05, 0.1) is 23.4 Å². The highest BCUT2D eigenvalue weighted by Crippen LogP contribution is 2.34. The number of fused-ring (bicyclic) bond motifs is 2. The molecule has 0 saturated carbocycles. The van der Waals surface area contributed by atoms with E-state index in [1.807, 2.05) is 45.0 Å². The molecule has 0 radical (unpaired) electrons. The smallest absolute Gasteiger partial charge is 0.408 e. The maximum atomic E-state index is 13.1. The van der Waals surface area contributed by atoms with Gasteiger partial charge in [0.25, 0.3) is 0 Å². The summed E-state index contributed by atoms with van der Waals surface area (Å²) in [5.74, 6) is 0. The topological polar surface area (TPSA) is 157 Å². The van der Waals surface area contributed by atoms with Crippen molar-refractivity contribution in [1.29, 1.82) is 0 Å². The Morgan fingerprint density at radius 2 is 1.37 bits per heavy atom. The van der Waals surface area contributed by atoms with Crippen LogP contribution < -0.4 is 10.6 Å². The number of amides is 2. The zero-order chi connectivity index (χ0) is 35.9. The van der Waals surface area contributed by atoms with Gasteiger partial charge in [-0.2, -0.15) is 10.2 Å². The van der Waals surface area contributed by atoms with Crippen LogP contribution in [0.1, 0.15) is 96.7 Å². The van der Waals surface area contributed by atoms with E-state index in [0.717, 1.165) is 5.56 Å². The van der Waals surface area contributed by atoms with E-state index in [4.69, 9.17) is 26.2 Å². The number of aromatic nitrogens is 6. The summed E-state index contributed by atoms with van der Waals surface area (Å²) in [4.78, 5) is 34.5. The van der Waals surface area contributed by atoms with Crippen molar-refractivity contribution < 1.29 is 24.2 Å². The molecular formula is C35H43ClN8O5. The number of alkyl carbamates (subject to hydrolysis) is 2. The Kier molecular flexibility index (Phi) is 9.64. The van der Waals surface area contributed by atoms with Gasteiger partial charge in [-0.3, -0.25) is 0 Å². The molecule has 49 heavy (non-hydrogen) atoms. The van der Waals surface area contributed by atoms with Gasteiger partial charge in [-0.1, -0.05) is 17.7 Å². The standard InChI is InChI=1S/C35H43ClN8O5/c1-20(39-31(45)48-33(3,4)5)25-17-27-37-10-12-43(27)41-29(25)23-14-22(15-24(16-23)35(8,9)47)19-34(6,7)49-32(46)40-21(2)26-18-28-38-11-13-44(28)42-30(26)36/h10-18,20-21,47H,19H2,1-9H3,(H,39,45)(H,40,46). The largest absolute Gasteiger partial charge is 0.444 e. The van der Waals surface area contributed by atoms with Gasteiger partial charge in [-0.25, -0.2) is 28.6 Å². The third-order valence-electron chi connectivity index (χ3n) is 7.76. The van der Waals surface area contributed by atoms with Gasteiger partial charge in [0, 0.05) is 47.9 Å². The number of carbonyl (C=O) groups excluding carboxylic acids is 2. The predicted molar refractivity (Wildman–Crippen MR) is 185 cm³/mol. The van der Waals surface area contributed by atoms with Crippen LogP contribution in [0.2, 0.25) is 5.15 Å². The second-order valence-corrected chi connectivity index (χ2v) is 14.7. The van der Waals surface area contributed by atoms with Crippen LogP contribution in [0.5, 0.6) is 0 Å². The zero-order valence-electron chi connectivity index (χ0n) is 29.2. The Hall–Kier alpha value is -4.75. The molecule has 2 amide bonds. The molecule has 0 spiro atoms. The molecule has 4 aromatic heterocycles. The molecule has 0 aliphatic rings. The van der Waals surface area contributed by atoms with Crippen LogP contribution in [-0.4, -0.2) is 57.7 Å². The summed E-state index contributed by atoms with van der Waals surface area (Å²) >= 11 is 6.39.